The second kappa shape index (κ2) is 6.67. The molecule has 1 aliphatic carbocycles. The minimum absolute atomic E-state index is 0.0703. The third kappa shape index (κ3) is 3.23. The number of anilines is 1. The fourth-order valence-corrected chi connectivity index (χ4v) is 3.87. The van der Waals surface area contributed by atoms with Gasteiger partial charge in [-0.25, -0.2) is 4.79 Å². The van der Waals surface area contributed by atoms with Crippen molar-refractivity contribution >= 4 is 35.1 Å². The molecule has 1 saturated carbocycles. The molecule has 1 aromatic carbocycles. The molecule has 4 amide bonds. The first-order chi connectivity index (χ1) is 11.8. The fourth-order valence-electron chi connectivity index (χ4n) is 3.70. The van der Waals surface area contributed by atoms with Crippen LogP contribution in [0.3, 0.4) is 0 Å². The lowest BCUT2D eigenvalue weighted by atomic mass is 9.73. The molecule has 2 fully saturated rings. The second-order valence-electron chi connectivity index (χ2n) is 6.95. The maximum absolute atomic E-state index is 12.9. The number of nitrogens with one attached hydrogen (secondary N) is 2. The summed E-state index contributed by atoms with van der Waals surface area (Å²) in [4.78, 5) is 38.5. The quantitative estimate of drug-likeness (QED) is 0.810. The summed E-state index contributed by atoms with van der Waals surface area (Å²) < 4.78 is 0. The molecule has 1 aliphatic heterocycles. The molecule has 134 valence electrons. The van der Waals surface area contributed by atoms with Crippen LogP contribution in [0.1, 0.15) is 38.2 Å². The normalized spacial score (nSPS) is 26.0. The van der Waals surface area contributed by atoms with E-state index in [4.69, 9.17) is 11.6 Å². The van der Waals surface area contributed by atoms with Gasteiger partial charge >= 0.3 is 6.03 Å². The predicted molar refractivity (Wildman–Crippen MR) is 95.4 cm³/mol. The van der Waals surface area contributed by atoms with Gasteiger partial charge in [-0.3, -0.25) is 14.5 Å². The van der Waals surface area contributed by atoms with Gasteiger partial charge in [0.05, 0.1) is 0 Å². The van der Waals surface area contributed by atoms with Crippen molar-refractivity contribution in [2.75, 3.05) is 11.9 Å². The molecule has 1 heterocycles. The molecule has 1 aromatic rings. The summed E-state index contributed by atoms with van der Waals surface area (Å²) in [5, 5.41) is 6.07. The average Bonchev–Trinajstić information content (AvgIpc) is 2.79. The highest BCUT2D eigenvalue weighted by molar-refractivity contribution is 6.31. The molecule has 3 rings (SSSR count). The number of nitrogens with zero attached hydrogens (tertiary/aromatic N) is 1. The topological polar surface area (TPSA) is 78.5 Å². The van der Waals surface area contributed by atoms with E-state index in [1.54, 1.807) is 18.2 Å². The van der Waals surface area contributed by atoms with Gasteiger partial charge in [-0.15, -0.1) is 0 Å². The first-order valence-corrected chi connectivity index (χ1v) is 8.91. The molecule has 25 heavy (non-hydrogen) atoms. The summed E-state index contributed by atoms with van der Waals surface area (Å²) in [6.07, 6.45) is 3.48. The number of hydrogen-bond acceptors (Lipinski definition) is 3. The van der Waals surface area contributed by atoms with E-state index >= 15 is 0 Å². The van der Waals surface area contributed by atoms with Crippen molar-refractivity contribution in [1.29, 1.82) is 0 Å². The van der Waals surface area contributed by atoms with Crippen molar-refractivity contribution in [3.63, 3.8) is 0 Å². The zero-order valence-electron chi connectivity index (χ0n) is 14.4. The molecule has 7 heteroatoms. The largest absolute Gasteiger partial charge is 0.325 e. The maximum Gasteiger partial charge on any atom is 0.325 e. The number of carbonyl (C=O) groups is 3. The molecule has 2 atom stereocenters. The minimum Gasteiger partial charge on any atom is -0.324 e. The molecule has 2 aliphatic rings. The third-order valence-electron chi connectivity index (χ3n) is 5.28. The predicted octanol–water partition coefficient (Wildman–Crippen LogP) is 3.09. The highest BCUT2D eigenvalue weighted by Crippen LogP contribution is 2.38. The van der Waals surface area contributed by atoms with Crippen LogP contribution in [0.15, 0.2) is 18.2 Å². The number of aryl methyl sites for hydroxylation is 1. The van der Waals surface area contributed by atoms with Crippen molar-refractivity contribution in [2.45, 2.75) is 45.1 Å². The van der Waals surface area contributed by atoms with Gasteiger partial charge in [0.15, 0.2) is 0 Å². The number of halogens is 1. The summed E-state index contributed by atoms with van der Waals surface area (Å²) in [6.45, 7) is 3.53. The van der Waals surface area contributed by atoms with Crippen molar-refractivity contribution in [3.05, 3.63) is 28.8 Å². The SMILES string of the molecule is Cc1ccc(Cl)cc1NC(=O)CN1C(=O)N[C@@]2(CCCC[C@@H]2C)C1=O. The summed E-state index contributed by atoms with van der Waals surface area (Å²) in [5.41, 5.74) is 0.583. The van der Waals surface area contributed by atoms with Gasteiger partial charge in [0.25, 0.3) is 5.91 Å². The number of carbonyl (C=O) groups excluding carboxylic acids is 3. The second-order valence-corrected chi connectivity index (χ2v) is 7.38. The average molecular weight is 364 g/mol. The van der Waals surface area contributed by atoms with E-state index in [9.17, 15) is 14.4 Å². The van der Waals surface area contributed by atoms with Crippen molar-refractivity contribution in [2.24, 2.45) is 5.92 Å². The molecular formula is C18H22ClN3O3. The highest BCUT2D eigenvalue weighted by atomic mass is 35.5. The number of rotatable bonds is 3. The molecule has 0 radical (unpaired) electrons. The Morgan fingerprint density at radius 3 is 2.88 bits per heavy atom. The van der Waals surface area contributed by atoms with Gasteiger partial charge in [-0.05, 0) is 43.4 Å². The van der Waals surface area contributed by atoms with Crippen LogP contribution < -0.4 is 10.6 Å². The first kappa shape index (κ1) is 17.7. The monoisotopic (exact) mass is 363 g/mol. The van der Waals surface area contributed by atoms with Crippen LogP contribution in [0.4, 0.5) is 10.5 Å². The summed E-state index contributed by atoms with van der Waals surface area (Å²) in [6, 6.07) is 4.69. The van der Waals surface area contributed by atoms with Crippen LogP contribution in [0.5, 0.6) is 0 Å². The molecule has 2 N–H and O–H groups in total. The van der Waals surface area contributed by atoms with Crippen molar-refractivity contribution in [3.8, 4) is 0 Å². The van der Waals surface area contributed by atoms with E-state index in [1.807, 2.05) is 13.8 Å². The van der Waals surface area contributed by atoms with Crippen LogP contribution >= 0.6 is 11.6 Å². The Labute approximate surface area is 151 Å². The molecule has 1 saturated heterocycles. The number of benzene rings is 1. The van der Waals surface area contributed by atoms with Crippen molar-refractivity contribution in [1.82, 2.24) is 10.2 Å². The van der Waals surface area contributed by atoms with Gasteiger partial charge in [-0.1, -0.05) is 37.4 Å². The Kier molecular flexibility index (Phi) is 4.73. The Morgan fingerprint density at radius 1 is 1.40 bits per heavy atom. The minimum atomic E-state index is -0.846. The molecule has 0 unspecified atom stereocenters. The van der Waals surface area contributed by atoms with Gasteiger partial charge in [-0.2, -0.15) is 0 Å². The molecule has 0 aromatic heterocycles. The van der Waals surface area contributed by atoms with Gasteiger partial charge in [0, 0.05) is 10.7 Å². The number of imide groups is 1. The summed E-state index contributed by atoms with van der Waals surface area (Å²) >= 11 is 5.95. The lowest BCUT2D eigenvalue weighted by Gasteiger charge is -2.36. The van der Waals surface area contributed by atoms with Gasteiger partial charge in [0.2, 0.25) is 5.91 Å². The standard InChI is InChI=1S/C18H22ClN3O3/c1-11-6-7-13(19)9-14(11)20-15(23)10-22-16(24)18(21-17(22)25)8-4-3-5-12(18)2/h6-7,9,12H,3-5,8,10H2,1-2H3,(H,20,23)(H,21,25)/t12-,18+/m0/s1. The molecular weight excluding hydrogens is 342 g/mol. The van der Waals surface area contributed by atoms with E-state index in [1.165, 1.54) is 0 Å². The van der Waals surface area contributed by atoms with Crippen LogP contribution in [0.2, 0.25) is 5.02 Å². The number of amides is 4. The lowest BCUT2D eigenvalue weighted by Crippen LogP contribution is -2.54. The Balaban J connectivity index is 1.72. The summed E-state index contributed by atoms with van der Waals surface area (Å²) in [5.74, 6) is -0.641. The third-order valence-corrected chi connectivity index (χ3v) is 5.51. The van der Waals surface area contributed by atoms with Gasteiger partial charge in [0.1, 0.15) is 12.1 Å². The van der Waals surface area contributed by atoms with Crippen LogP contribution in [-0.2, 0) is 9.59 Å². The lowest BCUT2D eigenvalue weighted by molar-refractivity contribution is -0.136. The van der Waals surface area contributed by atoms with Crippen LogP contribution in [-0.4, -0.2) is 34.8 Å². The smallest absolute Gasteiger partial charge is 0.324 e. The Bertz CT molecular complexity index is 736. The molecule has 1 spiro atoms. The Morgan fingerprint density at radius 2 is 2.16 bits per heavy atom. The van der Waals surface area contributed by atoms with Crippen LogP contribution in [0.25, 0.3) is 0 Å². The van der Waals surface area contributed by atoms with E-state index in [2.05, 4.69) is 10.6 Å². The summed E-state index contributed by atoms with van der Waals surface area (Å²) in [7, 11) is 0. The Hall–Kier alpha value is -2.08. The maximum atomic E-state index is 12.9. The van der Waals surface area contributed by atoms with E-state index in [0.29, 0.717) is 17.1 Å². The van der Waals surface area contributed by atoms with E-state index < -0.39 is 17.5 Å². The molecule has 0 bridgehead atoms. The fraction of sp³-hybridized carbons (Fsp3) is 0.500. The van der Waals surface area contributed by atoms with Gasteiger partial charge < -0.3 is 10.6 Å². The first-order valence-electron chi connectivity index (χ1n) is 8.53. The van der Waals surface area contributed by atoms with E-state index in [0.717, 1.165) is 29.7 Å². The highest BCUT2D eigenvalue weighted by Gasteiger charge is 2.55. The van der Waals surface area contributed by atoms with Crippen LogP contribution in [0, 0.1) is 12.8 Å². The number of hydrogen-bond donors (Lipinski definition) is 2. The molecule has 6 nitrogen and oxygen atoms in total. The zero-order chi connectivity index (χ0) is 18.2. The number of urea groups is 1. The zero-order valence-corrected chi connectivity index (χ0v) is 15.2. The van der Waals surface area contributed by atoms with E-state index in [-0.39, 0.29) is 18.4 Å². The van der Waals surface area contributed by atoms with Crippen molar-refractivity contribution < 1.29 is 14.4 Å².